The standard InChI is InChI=1S/C27H30N2O6/c1-4-19-8-6-7-15-28(19)24(30)17(3)35-27(33)18-9-14-22-23(16-18)26(32)29(25(22)31)20-10-12-21(13-11-20)34-5-2/h9-14,16-17,19H,4-8,15H2,1-3H3. The molecule has 2 atom stereocenters. The number of esters is 1. The molecule has 0 aromatic heterocycles. The second-order valence-electron chi connectivity index (χ2n) is 8.77. The number of piperidine rings is 1. The van der Waals surface area contributed by atoms with E-state index in [-0.39, 0.29) is 28.6 Å². The summed E-state index contributed by atoms with van der Waals surface area (Å²) < 4.78 is 10.9. The lowest BCUT2D eigenvalue weighted by Gasteiger charge is -2.36. The molecule has 0 aliphatic carbocycles. The number of imide groups is 1. The highest BCUT2D eigenvalue weighted by molar-refractivity contribution is 6.34. The van der Waals surface area contributed by atoms with Crippen molar-refractivity contribution >= 4 is 29.4 Å². The van der Waals surface area contributed by atoms with Crippen molar-refractivity contribution in [1.82, 2.24) is 4.90 Å². The SMILES string of the molecule is CCOc1ccc(N2C(=O)c3ccc(C(=O)OC(C)C(=O)N4CCCCC4CC)cc3C2=O)cc1. The number of nitrogens with zero attached hydrogens (tertiary/aromatic N) is 2. The van der Waals surface area contributed by atoms with Gasteiger partial charge in [-0.25, -0.2) is 9.69 Å². The normalized spacial score (nSPS) is 18.3. The van der Waals surface area contributed by atoms with E-state index in [1.165, 1.54) is 18.2 Å². The highest BCUT2D eigenvalue weighted by atomic mass is 16.5. The molecule has 1 fully saturated rings. The zero-order valence-corrected chi connectivity index (χ0v) is 20.3. The molecule has 8 nitrogen and oxygen atoms in total. The quantitative estimate of drug-likeness (QED) is 0.437. The Labute approximate surface area is 204 Å². The minimum Gasteiger partial charge on any atom is -0.494 e. The van der Waals surface area contributed by atoms with Crippen LogP contribution in [-0.4, -0.2) is 53.9 Å². The van der Waals surface area contributed by atoms with Crippen LogP contribution in [0.5, 0.6) is 5.75 Å². The number of ether oxygens (including phenoxy) is 2. The van der Waals surface area contributed by atoms with Gasteiger partial charge in [0.05, 0.1) is 29.0 Å². The predicted molar refractivity (Wildman–Crippen MR) is 130 cm³/mol. The molecule has 0 bridgehead atoms. The summed E-state index contributed by atoms with van der Waals surface area (Å²) in [6.45, 7) is 6.65. The average Bonchev–Trinajstić information content (AvgIpc) is 3.13. The Morgan fingerprint density at radius 1 is 1.00 bits per heavy atom. The van der Waals surface area contributed by atoms with Gasteiger partial charge in [0.1, 0.15) is 5.75 Å². The third-order valence-corrected chi connectivity index (χ3v) is 6.54. The van der Waals surface area contributed by atoms with Crippen LogP contribution >= 0.6 is 0 Å². The molecule has 2 unspecified atom stereocenters. The molecule has 184 valence electrons. The van der Waals surface area contributed by atoms with Crippen molar-refractivity contribution < 1.29 is 28.7 Å². The van der Waals surface area contributed by atoms with Crippen molar-refractivity contribution in [2.24, 2.45) is 0 Å². The van der Waals surface area contributed by atoms with Crippen molar-refractivity contribution in [3.05, 3.63) is 59.2 Å². The molecule has 2 aliphatic rings. The number of hydrogen-bond donors (Lipinski definition) is 0. The Balaban J connectivity index is 1.48. The topological polar surface area (TPSA) is 93.2 Å². The minimum atomic E-state index is -0.944. The van der Waals surface area contributed by atoms with Gasteiger partial charge in [-0.15, -0.1) is 0 Å². The van der Waals surface area contributed by atoms with Crippen LogP contribution in [-0.2, 0) is 9.53 Å². The van der Waals surface area contributed by atoms with Crippen molar-refractivity contribution in [1.29, 1.82) is 0 Å². The summed E-state index contributed by atoms with van der Waals surface area (Å²) in [6, 6.07) is 11.1. The van der Waals surface area contributed by atoms with Crippen molar-refractivity contribution in [2.75, 3.05) is 18.1 Å². The van der Waals surface area contributed by atoms with Crippen molar-refractivity contribution in [3.63, 3.8) is 0 Å². The number of benzene rings is 2. The first-order valence-corrected chi connectivity index (χ1v) is 12.1. The number of likely N-dealkylation sites (tertiary alicyclic amines) is 1. The number of fused-ring (bicyclic) bond motifs is 1. The monoisotopic (exact) mass is 478 g/mol. The smallest absolute Gasteiger partial charge is 0.338 e. The molecule has 3 amide bonds. The summed E-state index contributed by atoms with van der Waals surface area (Å²) in [5.41, 5.74) is 0.863. The zero-order valence-electron chi connectivity index (χ0n) is 20.3. The van der Waals surface area contributed by atoms with Gasteiger partial charge in [-0.05, 0) is 82.0 Å². The van der Waals surface area contributed by atoms with Crippen LogP contribution in [0.4, 0.5) is 5.69 Å². The molecule has 8 heteroatoms. The largest absolute Gasteiger partial charge is 0.494 e. The first kappa shape index (κ1) is 24.4. The Hall–Kier alpha value is -3.68. The van der Waals surface area contributed by atoms with E-state index in [9.17, 15) is 19.2 Å². The van der Waals surface area contributed by atoms with Crippen LogP contribution in [0.15, 0.2) is 42.5 Å². The van der Waals surface area contributed by atoms with Crippen LogP contribution in [0.1, 0.15) is 77.5 Å². The van der Waals surface area contributed by atoms with E-state index in [1.807, 2.05) is 13.8 Å². The zero-order chi connectivity index (χ0) is 25.1. The fourth-order valence-corrected chi connectivity index (χ4v) is 4.69. The van der Waals surface area contributed by atoms with E-state index in [2.05, 4.69) is 0 Å². The summed E-state index contributed by atoms with van der Waals surface area (Å²) >= 11 is 0. The average molecular weight is 479 g/mol. The lowest BCUT2D eigenvalue weighted by atomic mass is 9.99. The molecule has 0 saturated carbocycles. The van der Waals surface area contributed by atoms with Crippen LogP contribution in [0, 0.1) is 0 Å². The van der Waals surface area contributed by atoms with Gasteiger partial charge in [-0.2, -0.15) is 0 Å². The second-order valence-corrected chi connectivity index (χ2v) is 8.77. The highest BCUT2D eigenvalue weighted by Gasteiger charge is 2.38. The van der Waals surface area contributed by atoms with Crippen molar-refractivity contribution in [3.8, 4) is 5.75 Å². The van der Waals surface area contributed by atoms with E-state index in [0.29, 0.717) is 24.6 Å². The molecular formula is C27H30N2O6. The summed E-state index contributed by atoms with van der Waals surface area (Å²) in [4.78, 5) is 54.6. The molecule has 0 N–H and O–H groups in total. The lowest BCUT2D eigenvalue weighted by Crippen LogP contribution is -2.48. The van der Waals surface area contributed by atoms with Gasteiger partial charge in [0.15, 0.2) is 6.10 Å². The van der Waals surface area contributed by atoms with E-state index < -0.39 is 23.9 Å². The van der Waals surface area contributed by atoms with E-state index in [0.717, 1.165) is 30.6 Å². The Morgan fingerprint density at radius 2 is 1.71 bits per heavy atom. The maximum absolute atomic E-state index is 13.1. The second kappa shape index (κ2) is 10.3. The van der Waals surface area contributed by atoms with Crippen LogP contribution in [0.2, 0.25) is 0 Å². The number of carbonyl (C=O) groups excluding carboxylic acids is 4. The summed E-state index contributed by atoms with van der Waals surface area (Å²) in [5, 5.41) is 0. The minimum absolute atomic E-state index is 0.115. The molecule has 2 heterocycles. The highest BCUT2D eigenvalue weighted by Crippen LogP contribution is 2.30. The van der Waals surface area contributed by atoms with Gasteiger partial charge >= 0.3 is 5.97 Å². The maximum atomic E-state index is 13.1. The van der Waals surface area contributed by atoms with Crippen LogP contribution in [0.3, 0.4) is 0 Å². The molecule has 0 spiro atoms. The van der Waals surface area contributed by atoms with E-state index in [4.69, 9.17) is 9.47 Å². The van der Waals surface area contributed by atoms with Gasteiger partial charge in [-0.1, -0.05) is 6.92 Å². The van der Waals surface area contributed by atoms with E-state index >= 15 is 0 Å². The number of anilines is 1. The third-order valence-electron chi connectivity index (χ3n) is 6.54. The summed E-state index contributed by atoms with van der Waals surface area (Å²) in [6.07, 6.45) is 2.90. The number of carbonyl (C=O) groups is 4. The lowest BCUT2D eigenvalue weighted by molar-refractivity contribution is -0.143. The predicted octanol–water partition coefficient (Wildman–Crippen LogP) is 4.22. The molecule has 1 saturated heterocycles. The maximum Gasteiger partial charge on any atom is 0.338 e. The van der Waals surface area contributed by atoms with Gasteiger partial charge in [0.2, 0.25) is 0 Å². The van der Waals surface area contributed by atoms with Crippen LogP contribution < -0.4 is 9.64 Å². The molecule has 2 aromatic carbocycles. The van der Waals surface area contributed by atoms with Gasteiger partial charge < -0.3 is 14.4 Å². The summed E-state index contributed by atoms with van der Waals surface area (Å²) in [7, 11) is 0. The van der Waals surface area contributed by atoms with Crippen molar-refractivity contribution in [2.45, 2.75) is 58.6 Å². The number of hydrogen-bond acceptors (Lipinski definition) is 6. The Bertz CT molecular complexity index is 1140. The van der Waals surface area contributed by atoms with Gasteiger partial charge in [0, 0.05) is 12.6 Å². The molecule has 2 aliphatic heterocycles. The fourth-order valence-electron chi connectivity index (χ4n) is 4.69. The van der Waals surface area contributed by atoms with E-state index in [1.54, 1.807) is 36.1 Å². The van der Waals surface area contributed by atoms with Gasteiger partial charge in [0.25, 0.3) is 17.7 Å². The first-order chi connectivity index (χ1) is 16.8. The Morgan fingerprint density at radius 3 is 2.40 bits per heavy atom. The molecule has 4 rings (SSSR count). The van der Waals surface area contributed by atoms with Crippen LogP contribution in [0.25, 0.3) is 0 Å². The number of rotatable bonds is 7. The third kappa shape index (κ3) is 4.78. The molecular weight excluding hydrogens is 448 g/mol. The molecule has 0 radical (unpaired) electrons. The Kier molecular flexibility index (Phi) is 7.19. The molecule has 35 heavy (non-hydrogen) atoms. The first-order valence-electron chi connectivity index (χ1n) is 12.1. The molecule has 2 aromatic rings. The number of amides is 3. The fraction of sp³-hybridized carbons (Fsp3) is 0.407. The summed E-state index contributed by atoms with van der Waals surface area (Å²) in [5.74, 6) is -1.27. The van der Waals surface area contributed by atoms with Gasteiger partial charge in [-0.3, -0.25) is 14.4 Å².